The van der Waals surface area contributed by atoms with Gasteiger partial charge >= 0.3 is 0 Å². The molecule has 120 valence electrons. The minimum absolute atomic E-state index is 0.118. The van der Waals surface area contributed by atoms with Crippen molar-refractivity contribution in [3.05, 3.63) is 52.0 Å². The second-order valence-electron chi connectivity index (χ2n) is 5.59. The quantitative estimate of drug-likeness (QED) is 0.936. The van der Waals surface area contributed by atoms with Crippen LogP contribution in [0.1, 0.15) is 28.1 Å². The Morgan fingerprint density at radius 3 is 2.87 bits per heavy atom. The first-order chi connectivity index (χ1) is 11.1. The van der Waals surface area contributed by atoms with Crippen LogP contribution in [0.2, 0.25) is 0 Å². The van der Waals surface area contributed by atoms with Crippen LogP contribution in [0, 0.1) is 12.7 Å². The van der Waals surface area contributed by atoms with Gasteiger partial charge in [0.1, 0.15) is 11.9 Å². The van der Waals surface area contributed by atoms with Crippen LogP contribution < -0.4 is 5.32 Å². The highest BCUT2D eigenvalue weighted by atomic mass is 32.1. The maximum absolute atomic E-state index is 13.6. The standard InChI is InChI=1S/C17H17FN2O2S/c1-11-6-7-12(10-13(11)18)19-16(21)14-4-2-8-20(14)17(22)15-5-3-9-23-15/h3,5-7,9-10,14H,2,4,8H2,1H3,(H,19,21)/t14-/m0/s1. The van der Waals surface area contributed by atoms with Crippen LogP contribution in [0.4, 0.5) is 10.1 Å². The van der Waals surface area contributed by atoms with Gasteiger partial charge in [0.05, 0.1) is 4.88 Å². The summed E-state index contributed by atoms with van der Waals surface area (Å²) in [7, 11) is 0. The minimum Gasteiger partial charge on any atom is -0.326 e. The van der Waals surface area contributed by atoms with Crippen LogP contribution >= 0.6 is 11.3 Å². The molecule has 1 aliphatic heterocycles. The SMILES string of the molecule is Cc1ccc(NC(=O)[C@@H]2CCCN2C(=O)c2cccs2)cc1F. The molecule has 1 saturated heterocycles. The number of amides is 2. The first kappa shape index (κ1) is 15.7. The van der Waals surface area contributed by atoms with E-state index in [1.165, 1.54) is 17.4 Å². The molecule has 1 N–H and O–H groups in total. The summed E-state index contributed by atoms with van der Waals surface area (Å²) in [6.45, 7) is 2.23. The maximum atomic E-state index is 13.6. The van der Waals surface area contributed by atoms with Gasteiger partial charge in [0.25, 0.3) is 5.91 Å². The number of hydrogen-bond donors (Lipinski definition) is 1. The Balaban J connectivity index is 1.73. The highest BCUT2D eigenvalue weighted by molar-refractivity contribution is 7.12. The largest absolute Gasteiger partial charge is 0.326 e. The van der Waals surface area contributed by atoms with E-state index in [0.717, 1.165) is 6.42 Å². The van der Waals surface area contributed by atoms with Gasteiger partial charge in [-0.05, 0) is 48.9 Å². The average Bonchev–Trinajstić information content (AvgIpc) is 3.21. The van der Waals surface area contributed by atoms with Crippen molar-refractivity contribution in [1.29, 1.82) is 0 Å². The third kappa shape index (κ3) is 3.27. The van der Waals surface area contributed by atoms with E-state index in [2.05, 4.69) is 5.32 Å². The number of aryl methyl sites for hydroxylation is 1. The maximum Gasteiger partial charge on any atom is 0.264 e. The molecule has 2 heterocycles. The summed E-state index contributed by atoms with van der Waals surface area (Å²) in [6.07, 6.45) is 1.41. The summed E-state index contributed by atoms with van der Waals surface area (Å²) < 4.78 is 13.6. The average molecular weight is 332 g/mol. The fraction of sp³-hybridized carbons (Fsp3) is 0.294. The first-order valence-corrected chi connectivity index (χ1v) is 8.36. The molecule has 6 heteroatoms. The summed E-state index contributed by atoms with van der Waals surface area (Å²) in [4.78, 5) is 27.2. The third-order valence-electron chi connectivity index (χ3n) is 3.99. The molecule has 0 aliphatic carbocycles. The summed E-state index contributed by atoms with van der Waals surface area (Å²) in [5.41, 5.74) is 0.937. The van der Waals surface area contributed by atoms with Crippen LogP contribution in [-0.4, -0.2) is 29.3 Å². The summed E-state index contributed by atoms with van der Waals surface area (Å²) >= 11 is 1.37. The third-order valence-corrected chi connectivity index (χ3v) is 4.85. The number of halogens is 1. The molecule has 0 unspecified atom stereocenters. The molecule has 1 aliphatic rings. The molecule has 4 nitrogen and oxygen atoms in total. The Morgan fingerprint density at radius 2 is 2.17 bits per heavy atom. The van der Waals surface area contributed by atoms with Crippen molar-refractivity contribution in [3.8, 4) is 0 Å². The molecule has 2 amide bonds. The van der Waals surface area contributed by atoms with E-state index in [-0.39, 0.29) is 17.6 Å². The molecular formula is C17H17FN2O2S. The zero-order valence-electron chi connectivity index (χ0n) is 12.7. The Hall–Kier alpha value is -2.21. The van der Waals surface area contributed by atoms with Gasteiger partial charge in [0, 0.05) is 12.2 Å². The fourth-order valence-corrected chi connectivity index (χ4v) is 3.40. The van der Waals surface area contributed by atoms with Crippen LogP contribution in [0.3, 0.4) is 0 Å². The molecule has 0 radical (unpaired) electrons. The molecule has 1 fully saturated rings. The number of nitrogens with one attached hydrogen (secondary N) is 1. The highest BCUT2D eigenvalue weighted by Gasteiger charge is 2.34. The van der Waals surface area contributed by atoms with Crippen molar-refractivity contribution >= 4 is 28.8 Å². The normalized spacial score (nSPS) is 17.3. The van der Waals surface area contributed by atoms with Gasteiger partial charge in [-0.2, -0.15) is 0 Å². The van der Waals surface area contributed by atoms with Crippen LogP contribution in [0.25, 0.3) is 0 Å². The summed E-state index contributed by atoms with van der Waals surface area (Å²) in [6, 6.07) is 7.65. The van der Waals surface area contributed by atoms with Gasteiger partial charge in [-0.3, -0.25) is 9.59 Å². The number of carbonyl (C=O) groups excluding carboxylic acids is 2. The molecule has 0 saturated carbocycles. The number of likely N-dealkylation sites (tertiary alicyclic amines) is 1. The number of nitrogens with zero attached hydrogens (tertiary/aromatic N) is 1. The molecule has 3 rings (SSSR count). The number of carbonyl (C=O) groups is 2. The van der Waals surface area contributed by atoms with E-state index in [9.17, 15) is 14.0 Å². The second-order valence-corrected chi connectivity index (χ2v) is 6.53. The Labute approximate surface area is 137 Å². The predicted molar refractivity (Wildman–Crippen MR) is 88.1 cm³/mol. The number of thiophene rings is 1. The van der Waals surface area contributed by atoms with Crippen molar-refractivity contribution in [2.24, 2.45) is 0 Å². The van der Waals surface area contributed by atoms with E-state index in [4.69, 9.17) is 0 Å². The van der Waals surface area contributed by atoms with Crippen molar-refractivity contribution < 1.29 is 14.0 Å². The van der Waals surface area contributed by atoms with E-state index < -0.39 is 6.04 Å². The van der Waals surface area contributed by atoms with E-state index in [0.29, 0.717) is 29.1 Å². The van der Waals surface area contributed by atoms with Crippen molar-refractivity contribution in [2.45, 2.75) is 25.8 Å². The van der Waals surface area contributed by atoms with Crippen LogP contribution in [0.15, 0.2) is 35.7 Å². The van der Waals surface area contributed by atoms with Gasteiger partial charge in [0.15, 0.2) is 0 Å². The molecule has 0 bridgehead atoms. The summed E-state index contributed by atoms with van der Waals surface area (Å²) in [5.74, 6) is -0.746. The van der Waals surface area contributed by atoms with Crippen molar-refractivity contribution in [2.75, 3.05) is 11.9 Å². The van der Waals surface area contributed by atoms with E-state index in [1.807, 2.05) is 11.4 Å². The molecule has 1 aromatic heterocycles. The number of anilines is 1. The van der Waals surface area contributed by atoms with Gasteiger partial charge in [-0.25, -0.2) is 4.39 Å². The lowest BCUT2D eigenvalue weighted by Gasteiger charge is -2.23. The summed E-state index contributed by atoms with van der Waals surface area (Å²) in [5, 5.41) is 4.55. The Kier molecular flexibility index (Phi) is 4.43. The smallest absolute Gasteiger partial charge is 0.264 e. The van der Waals surface area contributed by atoms with Gasteiger partial charge in [-0.15, -0.1) is 11.3 Å². The monoisotopic (exact) mass is 332 g/mol. The number of benzene rings is 1. The lowest BCUT2D eigenvalue weighted by atomic mass is 10.1. The minimum atomic E-state index is -0.506. The molecule has 1 aromatic carbocycles. The van der Waals surface area contributed by atoms with Crippen LogP contribution in [-0.2, 0) is 4.79 Å². The van der Waals surface area contributed by atoms with Gasteiger partial charge in [0.2, 0.25) is 5.91 Å². The van der Waals surface area contributed by atoms with E-state index >= 15 is 0 Å². The van der Waals surface area contributed by atoms with Crippen molar-refractivity contribution in [3.63, 3.8) is 0 Å². The molecular weight excluding hydrogens is 315 g/mol. The lowest BCUT2D eigenvalue weighted by molar-refractivity contribution is -0.119. The molecule has 0 spiro atoms. The fourth-order valence-electron chi connectivity index (χ4n) is 2.72. The Bertz CT molecular complexity index is 730. The molecule has 23 heavy (non-hydrogen) atoms. The van der Waals surface area contributed by atoms with Gasteiger partial charge < -0.3 is 10.2 Å². The number of hydrogen-bond acceptors (Lipinski definition) is 3. The zero-order valence-corrected chi connectivity index (χ0v) is 13.5. The molecule has 2 aromatic rings. The first-order valence-electron chi connectivity index (χ1n) is 7.48. The van der Waals surface area contributed by atoms with Gasteiger partial charge in [-0.1, -0.05) is 12.1 Å². The topological polar surface area (TPSA) is 49.4 Å². The zero-order chi connectivity index (χ0) is 16.4. The lowest BCUT2D eigenvalue weighted by Crippen LogP contribution is -2.42. The van der Waals surface area contributed by atoms with Crippen molar-refractivity contribution in [1.82, 2.24) is 4.90 Å². The highest BCUT2D eigenvalue weighted by Crippen LogP contribution is 2.23. The Morgan fingerprint density at radius 1 is 1.35 bits per heavy atom. The number of rotatable bonds is 3. The van der Waals surface area contributed by atoms with E-state index in [1.54, 1.807) is 30.0 Å². The van der Waals surface area contributed by atoms with Crippen LogP contribution in [0.5, 0.6) is 0 Å². The predicted octanol–water partition coefficient (Wildman–Crippen LogP) is 3.44. The second kappa shape index (κ2) is 6.50. The molecule has 1 atom stereocenters.